The molecule has 1 aliphatic heterocycles. The maximum Gasteiger partial charge on any atom is 0.234 e. The first kappa shape index (κ1) is 18.1. The van der Waals surface area contributed by atoms with E-state index in [4.69, 9.17) is 4.74 Å². The number of carbonyl (C=O) groups is 1. The second-order valence-electron chi connectivity index (χ2n) is 6.47. The lowest BCUT2D eigenvalue weighted by Crippen LogP contribution is -2.40. The molecule has 0 spiro atoms. The van der Waals surface area contributed by atoms with Crippen molar-refractivity contribution < 1.29 is 9.53 Å². The third-order valence-electron chi connectivity index (χ3n) is 4.39. The average molecular weight is 359 g/mol. The molecule has 1 amide bonds. The van der Waals surface area contributed by atoms with Gasteiger partial charge in [-0.3, -0.25) is 9.69 Å². The average Bonchev–Trinajstić information content (AvgIpc) is 3.30. The zero-order chi connectivity index (χ0) is 17.3. The fraction of sp³-hybridized carbons (Fsp3) is 0.450. The van der Waals surface area contributed by atoms with Crippen molar-refractivity contribution in [1.29, 1.82) is 0 Å². The number of amides is 1. The van der Waals surface area contributed by atoms with Crippen LogP contribution in [0, 0.1) is 0 Å². The van der Waals surface area contributed by atoms with Gasteiger partial charge in [0.25, 0.3) is 0 Å². The van der Waals surface area contributed by atoms with E-state index in [1.165, 1.54) is 10.4 Å². The van der Waals surface area contributed by atoms with Crippen molar-refractivity contribution in [1.82, 2.24) is 10.2 Å². The number of hydrogen-bond donors (Lipinski definition) is 1. The van der Waals surface area contributed by atoms with Crippen LogP contribution in [0.2, 0.25) is 0 Å². The van der Waals surface area contributed by atoms with E-state index in [1.54, 1.807) is 11.3 Å². The van der Waals surface area contributed by atoms with Gasteiger partial charge < -0.3 is 10.1 Å². The summed E-state index contributed by atoms with van der Waals surface area (Å²) >= 11 is 1.74. The molecule has 0 unspecified atom stereocenters. The molecule has 25 heavy (non-hydrogen) atoms. The second-order valence-corrected chi connectivity index (χ2v) is 7.50. The molecular weight excluding hydrogens is 332 g/mol. The summed E-state index contributed by atoms with van der Waals surface area (Å²) in [5.41, 5.74) is 1.25. The Balaban J connectivity index is 1.46. The van der Waals surface area contributed by atoms with E-state index < -0.39 is 0 Å². The molecule has 1 aromatic heterocycles. The Morgan fingerprint density at radius 1 is 1.24 bits per heavy atom. The molecule has 1 atom stereocenters. The maximum absolute atomic E-state index is 12.4. The highest BCUT2D eigenvalue weighted by Crippen LogP contribution is 2.17. The summed E-state index contributed by atoms with van der Waals surface area (Å²) in [7, 11) is 0. The number of ether oxygens (including phenoxy) is 1. The van der Waals surface area contributed by atoms with Gasteiger partial charge in [0.2, 0.25) is 5.91 Å². The molecular formula is C20H26N2O2S. The molecule has 0 radical (unpaired) electrons. The number of thiophene rings is 1. The lowest BCUT2D eigenvalue weighted by Gasteiger charge is -2.24. The van der Waals surface area contributed by atoms with Gasteiger partial charge >= 0.3 is 0 Å². The minimum absolute atomic E-state index is 0.0884. The summed E-state index contributed by atoms with van der Waals surface area (Å²) in [5.74, 6) is 0.0884. The molecule has 0 aliphatic carbocycles. The largest absolute Gasteiger partial charge is 0.377 e. The van der Waals surface area contributed by atoms with Crippen LogP contribution in [-0.4, -0.2) is 43.2 Å². The van der Waals surface area contributed by atoms with Crippen molar-refractivity contribution in [2.45, 2.75) is 31.9 Å². The van der Waals surface area contributed by atoms with Crippen LogP contribution in [0.5, 0.6) is 0 Å². The third-order valence-corrected chi connectivity index (χ3v) is 5.25. The predicted molar refractivity (Wildman–Crippen MR) is 102 cm³/mol. The van der Waals surface area contributed by atoms with Gasteiger partial charge in [-0.25, -0.2) is 0 Å². The minimum Gasteiger partial charge on any atom is -0.377 e. The van der Waals surface area contributed by atoms with Crippen LogP contribution in [-0.2, 0) is 22.5 Å². The van der Waals surface area contributed by atoms with Crippen LogP contribution in [0.3, 0.4) is 0 Å². The number of benzene rings is 1. The smallest absolute Gasteiger partial charge is 0.234 e. The summed E-state index contributed by atoms with van der Waals surface area (Å²) in [6.45, 7) is 3.58. The van der Waals surface area contributed by atoms with E-state index in [-0.39, 0.29) is 12.0 Å². The van der Waals surface area contributed by atoms with Crippen molar-refractivity contribution >= 4 is 17.2 Å². The van der Waals surface area contributed by atoms with E-state index >= 15 is 0 Å². The van der Waals surface area contributed by atoms with Gasteiger partial charge in [0.05, 0.1) is 12.6 Å². The van der Waals surface area contributed by atoms with Crippen LogP contribution < -0.4 is 5.32 Å². The van der Waals surface area contributed by atoms with Crippen LogP contribution in [0.1, 0.15) is 23.3 Å². The van der Waals surface area contributed by atoms with Crippen LogP contribution >= 0.6 is 11.3 Å². The van der Waals surface area contributed by atoms with Crippen molar-refractivity contribution in [3.8, 4) is 0 Å². The Labute approximate surface area is 153 Å². The van der Waals surface area contributed by atoms with Crippen molar-refractivity contribution in [3.63, 3.8) is 0 Å². The molecule has 4 nitrogen and oxygen atoms in total. The van der Waals surface area contributed by atoms with Crippen LogP contribution in [0.4, 0.5) is 0 Å². The Kier molecular flexibility index (Phi) is 7.03. The van der Waals surface area contributed by atoms with Gasteiger partial charge in [-0.1, -0.05) is 36.4 Å². The minimum atomic E-state index is 0.0884. The molecule has 1 fully saturated rings. The Hall–Kier alpha value is -1.69. The highest BCUT2D eigenvalue weighted by molar-refractivity contribution is 7.09. The van der Waals surface area contributed by atoms with Gasteiger partial charge in [0.1, 0.15) is 0 Å². The zero-order valence-electron chi connectivity index (χ0n) is 14.5. The number of hydrogen-bond acceptors (Lipinski definition) is 4. The van der Waals surface area contributed by atoms with Crippen molar-refractivity contribution in [2.24, 2.45) is 0 Å². The third kappa shape index (κ3) is 6.27. The molecule has 1 aliphatic rings. The number of carbonyl (C=O) groups excluding carboxylic acids is 1. The fourth-order valence-electron chi connectivity index (χ4n) is 3.13. The van der Waals surface area contributed by atoms with Crippen molar-refractivity contribution in [2.75, 3.05) is 26.2 Å². The van der Waals surface area contributed by atoms with Gasteiger partial charge in [0.15, 0.2) is 0 Å². The Morgan fingerprint density at radius 2 is 2.12 bits per heavy atom. The molecule has 2 heterocycles. The predicted octanol–water partition coefficient (Wildman–Crippen LogP) is 3.09. The molecule has 2 aromatic rings. The van der Waals surface area contributed by atoms with E-state index in [0.29, 0.717) is 13.1 Å². The van der Waals surface area contributed by atoms with Crippen LogP contribution in [0.15, 0.2) is 47.8 Å². The number of rotatable bonds is 9. The Morgan fingerprint density at radius 3 is 2.84 bits per heavy atom. The monoisotopic (exact) mass is 358 g/mol. The number of nitrogens with zero attached hydrogens (tertiary/aromatic N) is 1. The van der Waals surface area contributed by atoms with Gasteiger partial charge in [-0.15, -0.1) is 11.3 Å². The quantitative estimate of drug-likeness (QED) is 0.749. The molecule has 5 heteroatoms. The molecule has 3 rings (SSSR count). The first-order chi connectivity index (χ1) is 12.3. The first-order valence-electron chi connectivity index (χ1n) is 8.96. The van der Waals surface area contributed by atoms with E-state index in [1.807, 2.05) is 18.2 Å². The first-order valence-corrected chi connectivity index (χ1v) is 9.84. The van der Waals surface area contributed by atoms with Gasteiger partial charge in [-0.2, -0.15) is 0 Å². The number of nitrogens with one attached hydrogen (secondary N) is 1. The highest BCUT2D eigenvalue weighted by atomic mass is 32.1. The van der Waals surface area contributed by atoms with E-state index in [9.17, 15) is 4.79 Å². The van der Waals surface area contributed by atoms with E-state index in [0.717, 1.165) is 39.0 Å². The fourth-order valence-corrected chi connectivity index (χ4v) is 3.88. The Bertz CT molecular complexity index is 624. The molecule has 1 saturated heterocycles. The summed E-state index contributed by atoms with van der Waals surface area (Å²) in [6, 6.07) is 14.4. The molecule has 134 valence electrons. The summed E-state index contributed by atoms with van der Waals surface area (Å²) in [6.07, 6.45) is 3.35. The summed E-state index contributed by atoms with van der Waals surface area (Å²) in [5, 5.41) is 5.13. The molecule has 0 bridgehead atoms. The maximum atomic E-state index is 12.4. The SMILES string of the molecule is O=C(CN(Cc1cccs1)C[C@@H]1CCCO1)NCCc1ccccc1. The summed E-state index contributed by atoms with van der Waals surface area (Å²) in [4.78, 5) is 15.9. The second kappa shape index (κ2) is 9.70. The lowest BCUT2D eigenvalue weighted by atomic mass is 10.1. The highest BCUT2D eigenvalue weighted by Gasteiger charge is 2.21. The molecule has 0 saturated carbocycles. The van der Waals surface area contributed by atoms with Gasteiger partial charge in [0, 0.05) is 31.1 Å². The van der Waals surface area contributed by atoms with Crippen LogP contribution in [0.25, 0.3) is 0 Å². The standard InChI is InChI=1S/C20H26N2O2S/c23-20(21-11-10-17-6-2-1-3-7-17)16-22(14-18-8-4-12-24-18)15-19-9-5-13-25-19/h1-3,5-7,9,13,18H,4,8,10-12,14-16H2,(H,21,23)/t18-/m0/s1. The topological polar surface area (TPSA) is 41.6 Å². The van der Waals surface area contributed by atoms with E-state index in [2.05, 4.69) is 39.9 Å². The normalized spacial score (nSPS) is 17.1. The lowest BCUT2D eigenvalue weighted by molar-refractivity contribution is -0.122. The van der Waals surface area contributed by atoms with Gasteiger partial charge in [-0.05, 0) is 36.3 Å². The zero-order valence-corrected chi connectivity index (χ0v) is 15.3. The van der Waals surface area contributed by atoms with Crippen molar-refractivity contribution in [3.05, 3.63) is 58.3 Å². The molecule has 1 N–H and O–H groups in total. The molecule has 1 aromatic carbocycles. The summed E-state index contributed by atoms with van der Waals surface area (Å²) < 4.78 is 5.75.